The van der Waals surface area contributed by atoms with Crippen LogP contribution in [0.3, 0.4) is 0 Å². The quantitative estimate of drug-likeness (QED) is 0.606. The Morgan fingerprint density at radius 1 is 1.58 bits per heavy atom. The van der Waals surface area contributed by atoms with E-state index in [1.54, 1.807) is 11.0 Å². The van der Waals surface area contributed by atoms with E-state index < -0.39 is 0 Å². The third kappa shape index (κ3) is 2.41. The molecule has 5 nitrogen and oxygen atoms in total. The van der Waals surface area contributed by atoms with Crippen molar-refractivity contribution in [2.45, 2.75) is 26.8 Å². The third-order valence-electron chi connectivity index (χ3n) is 1.70. The fraction of sp³-hybridized carbons (Fsp3) is 0.714. The van der Waals surface area contributed by atoms with Crippen molar-refractivity contribution >= 4 is 6.29 Å². The van der Waals surface area contributed by atoms with Crippen molar-refractivity contribution in [2.24, 2.45) is 5.41 Å². The molecular weight excluding hydrogens is 156 g/mol. The zero-order chi connectivity index (χ0) is 9.03. The van der Waals surface area contributed by atoms with Gasteiger partial charge in [0.15, 0.2) is 0 Å². The Labute approximate surface area is 70.8 Å². The summed E-state index contributed by atoms with van der Waals surface area (Å²) in [5.41, 5.74) is -0.286. The van der Waals surface area contributed by atoms with Gasteiger partial charge in [0, 0.05) is 12.0 Å². The molecular formula is C7H12N4O. The fourth-order valence-corrected chi connectivity index (χ4v) is 0.744. The van der Waals surface area contributed by atoms with Crippen molar-refractivity contribution in [3.63, 3.8) is 0 Å². The Bertz CT molecular complexity index is 242. The molecule has 1 rings (SSSR count). The molecule has 0 aromatic carbocycles. The van der Waals surface area contributed by atoms with E-state index in [2.05, 4.69) is 15.5 Å². The van der Waals surface area contributed by atoms with Gasteiger partial charge in [0.25, 0.3) is 0 Å². The van der Waals surface area contributed by atoms with E-state index >= 15 is 0 Å². The smallest absolute Gasteiger partial charge is 0.138 e. The zero-order valence-electron chi connectivity index (χ0n) is 7.27. The Kier molecular flexibility index (Phi) is 2.52. The number of aryl methyl sites for hydroxylation is 1. The van der Waals surface area contributed by atoms with Gasteiger partial charge < -0.3 is 4.79 Å². The van der Waals surface area contributed by atoms with Crippen LogP contribution in [0.2, 0.25) is 0 Å². The zero-order valence-corrected chi connectivity index (χ0v) is 7.27. The highest BCUT2D eigenvalue weighted by atomic mass is 16.1. The maximum atomic E-state index is 10.5. The van der Waals surface area contributed by atoms with Crippen LogP contribution in [0, 0.1) is 5.41 Å². The van der Waals surface area contributed by atoms with Gasteiger partial charge in [-0.2, -0.15) is 0 Å². The molecule has 0 fully saturated rings. The van der Waals surface area contributed by atoms with Crippen LogP contribution in [0.4, 0.5) is 0 Å². The number of rotatable bonds is 4. The number of tetrazole rings is 1. The summed E-state index contributed by atoms with van der Waals surface area (Å²) >= 11 is 0. The Morgan fingerprint density at radius 3 is 2.83 bits per heavy atom. The summed E-state index contributed by atoms with van der Waals surface area (Å²) in [6.07, 6.45) is 3.25. The number of nitrogens with zero attached hydrogens (tertiary/aromatic N) is 4. The molecule has 1 aromatic rings. The SMILES string of the molecule is CC(C)(C=O)CCn1cnnn1. The monoisotopic (exact) mass is 168 g/mol. The lowest BCUT2D eigenvalue weighted by Crippen LogP contribution is -2.16. The minimum Gasteiger partial charge on any atom is -0.303 e. The van der Waals surface area contributed by atoms with Gasteiger partial charge in [0.05, 0.1) is 0 Å². The van der Waals surface area contributed by atoms with E-state index in [4.69, 9.17) is 0 Å². The lowest BCUT2D eigenvalue weighted by atomic mass is 9.92. The van der Waals surface area contributed by atoms with Crippen LogP contribution in [0.5, 0.6) is 0 Å². The minimum atomic E-state index is -0.286. The van der Waals surface area contributed by atoms with Crippen LogP contribution < -0.4 is 0 Å². The molecule has 5 heteroatoms. The highest BCUT2D eigenvalue weighted by Crippen LogP contribution is 2.16. The Hall–Kier alpha value is -1.26. The van der Waals surface area contributed by atoms with Crippen molar-refractivity contribution in [1.82, 2.24) is 20.2 Å². The Balaban J connectivity index is 2.41. The van der Waals surface area contributed by atoms with Crippen molar-refractivity contribution in [3.05, 3.63) is 6.33 Å². The second-order valence-corrected chi connectivity index (χ2v) is 3.43. The molecule has 0 amide bonds. The highest BCUT2D eigenvalue weighted by molar-refractivity contribution is 5.57. The topological polar surface area (TPSA) is 60.7 Å². The summed E-state index contributed by atoms with van der Waals surface area (Å²) in [4.78, 5) is 10.5. The molecule has 0 spiro atoms. The molecule has 66 valence electrons. The molecule has 0 radical (unpaired) electrons. The Morgan fingerprint density at radius 2 is 2.33 bits per heavy atom. The number of carbonyl (C=O) groups is 1. The van der Waals surface area contributed by atoms with Gasteiger partial charge in [-0.05, 0) is 16.8 Å². The molecule has 1 heterocycles. The van der Waals surface area contributed by atoms with Crippen molar-refractivity contribution in [2.75, 3.05) is 0 Å². The first-order valence-corrected chi connectivity index (χ1v) is 3.81. The highest BCUT2D eigenvalue weighted by Gasteiger charge is 2.16. The van der Waals surface area contributed by atoms with Crippen LogP contribution in [-0.2, 0) is 11.3 Å². The molecule has 1 aromatic heterocycles. The van der Waals surface area contributed by atoms with Crippen LogP contribution >= 0.6 is 0 Å². The van der Waals surface area contributed by atoms with Gasteiger partial charge in [0.2, 0.25) is 0 Å². The van der Waals surface area contributed by atoms with E-state index in [1.165, 1.54) is 0 Å². The first kappa shape index (κ1) is 8.83. The molecule has 0 unspecified atom stereocenters. The van der Waals surface area contributed by atoms with E-state index in [-0.39, 0.29) is 5.41 Å². The molecule has 0 bridgehead atoms. The molecule has 0 saturated heterocycles. The van der Waals surface area contributed by atoms with Crippen LogP contribution in [0.1, 0.15) is 20.3 Å². The predicted octanol–water partition coefficient (Wildman–Crippen LogP) is 0.288. The van der Waals surface area contributed by atoms with E-state index in [0.29, 0.717) is 6.54 Å². The van der Waals surface area contributed by atoms with Crippen molar-refractivity contribution in [1.29, 1.82) is 0 Å². The molecule has 0 aliphatic rings. The molecule has 0 atom stereocenters. The molecule has 0 aliphatic carbocycles. The van der Waals surface area contributed by atoms with Gasteiger partial charge in [0.1, 0.15) is 12.6 Å². The van der Waals surface area contributed by atoms with E-state index in [1.807, 2.05) is 13.8 Å². The minimum absolute atomic E-state index is 0.286. The van der Waals surface area contributed by atoms with E-state index in [0.717, 1.165) is 12.7 Å². The first-order chi connectivity index (χ1) is 5.64. The van der Waals surface area contributed by atoms with Crippen LogP contribution in [-0.4, -0.2) is 26.5 Å². The number of aromatic nitrogens is 4. The number of aldehydes is 1. The summed E-state index contributed by atoms with van der Waals surface area (Å²) < 4.78 is 1.62. The fourth-order valence-electron chi connectivity index (χ4n) is 0.744. The first-order valence-electron chi connectivity index (χ1n) is 3.81. The summed E-state index contributed by atoms with van der Waals surface area (Å²) in [5.74, 6) is 0. The number of carbonyl (C=O) groups excluding carboxylic acids is 1. The molecule has 0 aliphatic heterocycles. The number of hydrogen-bond donors (Lipinski definition) is 0. The summed E-state index contributed by atoms with van der Waals surface area (Å²) in [6, 6.07) is 0. The molecule has 0 N–H and O–H groups in total. The van der Waals surface area contributed by atoms with Crippen LogP contribution in [0.25, 0.3) is 0 Å². The standard InChI is InChI=1S/C7H12N4O/c1-7(2,5-12)3-4-11-6-8-9-10-11/h5-6H,3-4H2,1-2H3. The van der Waals surface area contributed by atoms with Gasteiger partial charge in [-0.25, -0.2) is 4.68 Å². The normalized spacial score (nSPS) is 11.5. The van der Waals surface area contributed by atoms with Crippen molar-refractivity contribution < 1.29 is 4.79 Å². The summed E-state index contributed by atoms with van der Waals surface area (Å²) in [5, 5.41) is 10.7. The lowest BCUT2D eigenvalue weighted by Gasteiger charge is -2.15. The largest absolute Gasteiger partial charge is 0.303 e. The van der Waals surface area contributed by atoms with Gasteiger partial charge >= 0.3 is 0 Å². The maximum Gasteiger partial charge on any atom is 0.138 e. The summed E-state index contributed by atoms with van der Waals surface area (Å²) in [7, 11) is 0. The average Bonchev–Trinajstić information content (AvgIpc) is 2.53. The lowest BCUT2D eigenvalue weighted by molar-refractivity contribution is -0.115. The second-order valence-electron chi connectivity index (χ2n) is 3.43. The predicted molar refractivity (Wildman–Crippen MR) is 42.3 cm³/mol. The third-order valence-corrected chi connectivity index (χ3v) is 1.70. The van der Waals surface area contributed by atoms with Crippen LogP contribution in [0.15, 0.2) is 6.33 Å². The van der Waals surface area contributed by atoms with Gasteiger partial charge in [-0.3, -0.25) is 0 Å². The molecule has 0 saturated carbocycles. The van der Waals surface area contributed by atoms with E-state index in [9.17, 15) is 4.79 Å². The number of hydrogen-bond acceptors (Lipinski definition) is 4. The van der Waals surface area contributed by atoms with Gasteiger partial charge in [-0.1, -0.05) is 13.8 Å². The maximum absolute atomic E-state index is 10.5. The molecule has 12 heavy (non-hydrogen) atoms. The summed E-state index contributed by atoms with van der Waals surface area (Å²) in [6.45, 7) is 4.47. The van der Waals surface area contributed by atoms with Gasteiger partial charge in [-0.15, -0.1) is 5.10 Å². The second kappa shape index (κ2) is 3.42. The van der Waals surface area contributed by atoms with Crippen molar-refractivity contribution in [3.8, 4) is 0 Å². The average molecular weight is 168 g/mol.